The summed E-state index contributed by atoms with van der Waals surface area (Å²) >= 11 is 0. The number of pyridine rings is 1. The minimum atomic E-state index is -0.374. The molecule has 3 rings (SSSR count). The number of aryl methyl sites for hydroxylation is 1. The van der Waals surface area contributed by atoms with Crippen molar-refractivity contribution in [1.82, 2.24) is 10.3 Å². The molecule has 114 valence electrons. The van der Waals surface area contributed by atoms with Gasteiger partial charge < -0.3 is 10.4 Å². The van der Waals surface area contributed by atoms with Gasteiger partial charge in [-0.2, -0.15) is 0 Å². The number of nitrogens with zero attached hydrogens (tertiary/aromatic N) is 1. The van der Waals surface area contributed by atoms with Crippen LogP contribution in [0.2, 0.25) is 0 Å². The van der Waals surface area contributed by atoms with Crippen molar-refractivity contribution < 1.29 is 14.3 Å². The van der Waals surface area contributed by atoms with E-state index in [1.807, 2.05) is 12.2 Å². The zero-order valence-electron chi connectivity index (χ0n) is 12.2. The highest BCUT2D eigenvalue weighted by Gasteiger charge is 2.21. The summed E-state index contributed by atoms with van der Waals surface area (Å²) in [5.74, 6) is -0.493. The van der Waals surface area contributed by atoms with E-state index >= 15 is 0 Å². The first-order valence-corrected chi connectivity index (χ1v) is 7.24. The van der Waals surface area contributed by atoms with Crippen LogP contribution in [0.3, 0.4) is 0 Å². The van der Waals surface area contributed by atoms with E-state index < -0.39 is 0 Å². The molecule has 4 nitrogen and oxygen atoms in total. The number of fused-ring (bicyclic) bond motifs is 1. The molecule has 0 unspecified atom stereocenters. The molecule has 2 N–H and O–H groups in total. The van der Waals surface area contributed by atoms with Crippen LogP contribution >= 0.6 is 0 Å². The Hall–Kier alpha value is -2.27. The van der Waals surface area contributed by atoms with Gasteiger partial charge in [0.25, 0.3) is 5.91 Å². The smallest absolute Gasteiger partial charge is 0.252 e. The Morgan fingerprint density at radius 2 is 2.23 bits per heavy atom. The van der Waals surface area contributed by atoms with Gasteiger partial charge in [-0.25, -0.2) is 4.39 Å². The van der Waals surface area contributed by atoms with Crippen LogP contribution in [0.25, 0.3) is 10.9 Å². The first kappa shape index (κ1) is 14.7. The van der Waals surface area contributed by atoms with Gasteiger partial charge in [0.2, 0.25) is 0 Å². The fourth-order valence-electron chi connectivity index (χ4n) is 2.78. The second-order valence-electron chi connectivity index (χ2n) is 5.62. The maximum Gasteiger partial charge on any atom is 0.252 e. The van der Waals surface area contributed by atoms with E-state index in [0.29, 0.717) is 28.6 Å². The third kappa shape index (κ3) is 2.85. The fourth-order valence-corrected chi connectivity index (χ4v) is 2.78. The average Bonchev–Trinajstić information content (AvgIpc) is 2.93. The second kappa shape index (κ2) is 5.85. The van der Waals surface area contributed by atoms with Crippen LogP contribution in [0.1, 0.15) is 22.5 Å². The molecule has 1 aliphatic rings. The zero-order valence-corrected chi connectivity index (χ0v) is 12.2. The molecular formula is C17H17FN2O2. The highest BCUT2D eigenvalue weighted by molar-refractivity contribution is 6.06. The molecule has 22 heavy (non-hydrogen) atoms. The first-order chi connectivity index (χ1) is 10.6. The van der Waals surface area contributed by atoms with Crippen LogP contribution < -0.4 is 5.32 Å². The second-order valence-corrected chi connectivity index (χ2v) is 5.62. The number of nitrogens with one attached hydrogen (secondary N) is 1. The number of carbonyl (C=O) groups is 1. The van der Waals surface area contributed by atoms with E-state index in [2.05, 4.69) is 10.3 Å². The Morgan fingerprint density at radius 1 is 1.41 bits per heavy atom. The van der Waals surface area contributed by atoms with Gasteiger partial charge in [0.15, 0.2) is 0 Å². The third-order valence-corrected chi connectivity index (χ3v) is 3.87. The van der Waals surface area contributed by atoms with Crippen molar-refractivity contribution in [2.24, 2.45) is 5.92 Å². The SMILES string of the molecule is Cc1cc(C(=O)N[C@@H]2C=C[C@H](CO)C2)c2ccc(F)cc2n1. The van der Waals surface area contributed by atoms with Gasteiger partial charge in [-0.05, 0) is 31.5 Å². The molecule has 0 saturated heterocycles. The highest BCUT2D eigenvalue weighted by atomic mass is 19.1. The molecule has 0 aliphatic heterocycles. The summed E-state index contributed by atoms with van der Waals surface area (Å²) < 4.78 is 13.3. The number of amides is 1. The molecule has 0 radical (unpaired) electrons. The van der Waals surface area contributed by atoms with Crippen molar-refractivity contribution in [2.45, 2.75) is 19.4 Å². The van der Waals surface area contributed by atoms with Crippen molar-refractivity contribution in [3.05, 3.63) is 53.5 Å². The van der Waals surface area contributed by atoms with Gasteiger partial charge in [0.05, 0.1) is 11.1 Å². The number of rotatable bonds is 3. The topological polar surface area (TPSA) is 62.2 Å². The number of aliphatic hydroxyl groups excluding tert-OH is 1. The van der Waals surface area contributed by atoms with Gasteiger partial charge in [-0.1, -0.05) is 12.2 Å². The molecule has 1 amide bonds. The largest absolute Gasteiger partial charge is 0.396 e. The lowest BCUT2D eigenvalue weighted by atomic mass is 10.1. The number of aromatic nitrogens is 1. The quantitative estimate of drug-likeness (QED) is 0.855. The Balaban J connectivity index is 1.89. The molecule has 0 bridgehead atoms. The number of hydrogen-bond acceptors (Lipinski definition) is 3. The predicted octanol–water partition coefficient (Wildman–Crippen LogP) is 2.35. The molecule has 2 atom stereocenters. The molecule has 0 fully saturated rings. The van der Waals surface area contributed by atoms with Crippen LogP contribution in [0, 0.1) is 18.7 Å². The standard InChI is InChI=1S/C17H17FN2O2/c1-10-6-15(14-5-3-12(18)8-16(14)19-10)17(22)20-13-4-2-11(7-13)9-21/h2-6,8,11,13,21H,7,9H2,1H3,(H,20,22)/t11-,13+/m0/s1. The summed E-state index contributed by atoms with van der Waals surface area (Å²) in [6.45, 7) is 1.86. The van der Waals surface area contributed by atoms with Crippen LogP contribution in [-0.4, -0.2) is 28.6 Å². The summed E-state index contributed by atoms with van der Waals surface area (Å²) in [6.07, 6.45) is 4.50. The third-order valence-electron chi connectivity index (χ3n) is 3.87. The van der Waals surface area contributed by atoms with Crippen molar-refractivity contribution in [3.63, 3.8) is 0 Å². The first-order valence-electron chi connectivity index (χ1n) is 7.24. The summed E-state index contributed by atoms with van der Waals surface area (Å²) in [5.41, 5.74) is 1.63. The Labute approximate surface area is 127 Å². The lowest BCUT2D eigenvalue weighted by Crippen LogP contribution is -2.33. The summed E-state index contributed by atoms with van der Waals surface area (Å²) in [7, 11) is 0. The highest BCUT2D eigenvalue weighted by Crippen LogP contribution is 2.21. The van der Waals surface area contributed by atoms with Gasteiger partial charge >= 0.3 is 0 Å². The Bertz CT molecular complexity index is 752. The molecular weight excluding hydrogens is 283 g/mol. The van der Waals surface area contributed by atoms with Gasteiger partial charge in [-0.15, -0.1) is 0 Å². The minimum absolute atomic E-state index is 0.0828. The number of benzene rings is 1. The molecule has 1 heterocycles. The van der Waals surface area contributed by atoms with Crippen LogP contribution in [-0.2, 0) is 0 Å². The Kier molecular flexibility index (Phi) is 3.90. The minimum Gasteiger partial charge on any atom is -0.396 e. The predicted molar refractivity (Wildman–Crippen MR) is 82.0 cm³/mol. The van der Waals surface area contributed by atoms with E-state index in [1.165, 1.54) is 12.1 Å². The maximum atomic E-state index is 13.3. The maximum absolute atomic E-state index is 13.3. The van der Waals surface area contributed by atoms with Crippen molar-refractivity contribution in [1.29, 1.82) is 0 Å². The van der Waals surface area contributed by atoms with E-state index in [-0.39, 0.29) is 30.3 Å². The molecule has 1 aromatic heterocycles. The van der Waals surface area contributed by atoms with Crippen LogP contribution in [0.4, 0.5) is 4.39 Å². The van der Waals surface area contributed by atoms with Crippen LogP contribution in [0.15, 0.2) is 36.4 Å². The van der Waals surface area contributed by atoms with Crippen molar-refractivity contribution in [2.75, 3.05) is 6.61 Å². The number of halogens is 1. The lowest BCUT2D eigenvalue weighted by molar-refractivity contribution is 0.0942. The van der Waals surface area contributed by atoms with Crippen LogP contribution in [0.5, 0.6) is 0 Å². The number of hydrogen-bond donors (Lipinski definition) is 2. The molecule has 2 aromatic rings. The molecule has 0 spiro atoms. The fraction of sp³-hybridized carbons (Fsp3) is 0.294. The van der Waals surface area contributed by atoms with Crippen molar-refractivity contribution in [3.8, 4) is 0 Å². The summed E-state index contributed by atoms with van der Waals surface area (Å²) in [4.78, 5) is 16.8. The summed E-state index contributed by atoms with van der Waals surface area (Å²) in [6, 6.07) is 5.85. The Morgan fingerprint density at radius 3 is 2.95 bits per heavy atom. The molecule has 1 aromatic carbocycles. The number of carbonyl (C=O) groups excluding carboxylic acids is 1. The normalized spacial score (nSPS) is 20.5. The zero-order chi connectivity index (χ0) is 15.7. The molecule has 0 saturated carbocycles. The average molecular weight is 300 g/mol. The number of aliphatic hydroxyl groups is 1. The molecule has 1 aliphatic carbocycles. The summed E-state index contributed by atoms with van der Waals surface area (Å²) in [5, 5.41) is 12.7. The lowest BCUT2D eigenvalue weighted by Gasteiger charge is -2.14. The van der Waals surface area contributed by atoms with E-state index in [9.17, 15) is 9.18 Å². The van der Waals surface area contributed by atoms with E-state index in [1.54, 1.807) is 19.1 Å². The molecule has 5 heteroatoms. The van der Waals surface area contributed by atoms with Gasteiger partial charge in [0.1, 0.15) is 5.82 Å². The van der Waals surface area contributed by atoms with Gasteiger partial charge in [-0.3, -0.25) is 9.78 Å². The van der Waals surface area contributed by atoms with Crippen molar-refractivity contribution >= 4 is 16.8 Å². The monoisotopic (exact) mass is 300 g/mol. The van der Waals surface area contributed by atoms with E-state index in [4.69, 9.17) is 5.11 Å². The van der Waals surface area contributed by atoms with E-state index in [0.717, 1.165) is 0 Å². The van der Waals surface area contributed by atoms with Gasteiger partial charge in [0, 0.05) is 35.7 Å².